The van der Waals surface area contributed by atoms with Crippen molar-refractivity contribution in [3.63, 3.8) is 0 Å². The maximum Gasteiger partial charge on any atom is 0.0625 e. The van der Waals surface area contributed by atoms with Crippen molar-refractivity contribution in [1.29, 1.82) is 5.26 Å². The summed E-state index contributed by atoms with van der Waals surface area (Å²) in [4.78, 5) is 2.60. The van der Waals surface area contributed by atoms with Crippen LogP contribution in [0.2, 0.25) is 0 Å². The highest BCUT2D eigenvalue weighted by atomic mass is 15.2. The third-order valence-electron chi connectivity index (χ3n) is 4.00. The summed E-state index contributed by atoms with van der Waals surface area (Å²) in [6, 6.07) is 3.21. The van der Waals surface area contributed by atoms with Crippen LogP contribution in [0.25, 0.3) is 0 Å². The molecule has 0 aromatic rings. The molecule has 2 heteroatoms. The van der Waals surface area contributed by atoms with Crippen LogP contribution in [0.4, 0.5) is 0 Å². The molecule has 1 saturated heterocycles. The summed E-state index contributed by atoms with van der Waals surface area (Å²) in [5.74, 6) is 0.585. The molecule has 78 valence electrons. The SMILES string of the molecule is CC1(C)CCN(C2CC2)CC1CC#N. The first-order chi connectivity index (χ1) is 6.63. The Hall–Kier alpha value is -0.550. The van der Waals surface area contributed by atoms with Gasteiger partial charge in [-0.2, -0.15) is 5.26 Å². The highest BCUT2D eigenvalue weighted by Crippen LogP contribution is 2.40. The maximum atomic E-state index is 8.82. The van der Waals surface area contributed by atoms with E-state index in [1.165, 1.54) is 25.8 Å². The van der Waals surface area contributed by atoms with Gasteiger partial charge in [-0.15, -0.1) is 0 Å². The fraction of sp³-hybridized carbons (Fsp3) is 0.917. The molecule has 14 heavy (non-hydrogen) atoms. The number of rotatable bonds is 2. The van der Waals surface area contributed by atoms with Gasteiger partial charge in [0.2, 0.25) is 0 Å². The van der Waals surface area contributed by atoms with E-state index >= 15 is 0 Å². The quantitative estimate of drug-likeness (QED) is 0.672. The van der Waals surface area contributed by atoms with Crippen molar-refractivity contribution < 1.29 is 0 Å². The first-order valence-corrected chi connectivity index (χ1v) is 5.74. The molecule has 2 rings (SSSR count). The van der Waals surface area contributed by atoms with E-state index in [0.717, 1.165) is 19.0 Å². The first kappa shape index (κ1) is 9.98. The Morgan fingerprint density at radius 1 is 1.43 bits per heavy atom. The molecule has 1 aliphatic carbocycles. The lowest BCUT2D eigenvalue weighted by atomic mass is 9.72. The fourth-order valence-corrected chi connectivity index (χ4v) is 2.48. The normalized spacial score (nSPS) is 32.5. The van der Waals surface area contributed by atoms with E-state index in [9.17, 15) is 0 Å². The highest BCUT2D eigenvalue weighted by molar-refractivity contribution is 4.96. The van der Waals surface area contributed by atoms with Crippen LogP contribution < -0.4 is 0 Å². The lowest BCUT2D eigenvalue weighted by Crippen LogP contribution is -2.45. The van der Waals surface area contributed by atoms with Crippen LogP contribution in [-0.2, 0) is 0 Å². The zero-order chi connectivity index (χ0) is 10.2. The molecule has 0 spiro atoms. The summed E-state index contributed by atoms with van der Waals surface area (Å²) in [5.41, 5.74) is 0.376. The van der Waals surface area contributed by atoms with Gasteiger partial charge in [0.15, 0.2) is 0 Å². The van der Waals surface area contributed by atoms with E-state index < -0.39 is 0 Å². The van der Waals surface area contributed by atoms with E-state index in [1.807, 2.05) is 0 Å². The Morgan fingerprint density at radius 3 is 2.71 bits per heavy atom. The molecule has 2 fully saturated rings. The maximum absolute atomic E-state index is 8.82. The molecular formula is C12H20N2. The zero-order valence-corrected chi connectivity index (χ0v) is 9.29. The number of hydrogen-bond acceptors (Lipinski definition) is 2. The number of nitriles is 1. The summed E-state index contributed by atoms with van der Waals surface area (Å²) in [7, 11) is 0. The summed E-state index contributed by atoms with van der Waals surface area (Å²) < 4.78 is 0. The molecule has 0 aromatic carbocycles. The molecule has 2 aliphatic rings. The van der Waals surface area contributed by atoms with Crippen molar-refractivity contribution >= 4 is 0 Å². The molecule has 0 bridgehead atoms. The summed E-state index contributed by atoms with van der Waals surface area (Å²) in [6.07, 6.45) is 4.77. The van der Waals surface area contributed by atoms with Crippen LogP contribution in [0.5, 0.6) is 0 Å². The molecule has 0 radical (unpaired) electrons. The van der Waals surface area contributed by atoms with Crippen molar-refractivity contribution in [2.75, 3.05) is 13.1 Å². The lowest BCUT2D eigenvalue weighted by Gasteiger charge is -2.43. The van der Waals surface area contributed by atoms with Crippen LogP contribution in [0.3, 0.4) is 0 Å². The zero-order valence-electron chi connectivity index (χ0n) is 9.29. The van der Waals surface area contributed by atoms with Gasteiger partial charge in [-0.25, -0.2) is 0 Å². The van der Waals surface area contributed by atoms with Crippen molar-refractivity contribution in [3.8, 4) is 6.07 Å². The molecule has 0 N–H and O–H groups in total. The predicted octanol–water partition coefficient (Wildman–Crippen LogP) is 2.41. The number of hydrogen-bond donors (Lipinski definition) is 0. The molecule has 1 aliphatic heterocycles. The van der Waals surface area contributed by atoms with Gasteiger partial charge in [-0.3, -0.25) is 0 Å². The number of likely N-dealkylation sites (tertiary alicyclic amines) is 1. The van der Waals surface area contributed by atoms with Crippen LogP contribution in [0.15, 0.2) is 0 Å². The average Bonchev–Trinajstić information content (AvgIpc) is 2.92. The van der Waals surface area contributed by atoms with Gasteiger partial charge in [0.25, 0.3) is 0 Å². The molecule has 1 heterocycles. The van der Waals surface area contributed by atoms with Gasteiger partial charge < -0.3 is 4.90 Å². The van der Waals surface area contributed by atoms with Crippen molar-refractivity contribution in [2.45, 2.75) is 45.6 Å². The van der Waals surface area contributed by atoms with E-state index in [2.05, 4.69) is 24.8 Å². The molecule has 2 nitrogen and oxygen atoms in total. The Labute approximate surface area is 86.9 Å². The summed E-state index contributed by atoms with van der Waals surface area (Å²) >= 11 is 0. The Kier molecular flexibility index (Phi) is 2.53. The number of nitrogens with zero attached hydrogens (tertiary/aromatic N) is 2. The fourth-order valence-electron chi connectivity index (χ4n) is 2.48. The molecule has 1 atom stereocenters. The van der Waals surface area contributed by atoms with E-state index in [0.29, 0.717) is 11.3 Å². The smallest absolute Gasteiger partial charge is 0.0625 e. The first-order valence-electron chi connectivity index (χ1n) is 5.74. The summed E-state index contributed by atoms with van der Waals surface area (Å²) in [5, 5.41) is 8.82. The molecular weight excluding hydrogens is 172 g/mol. The topological polar surface area (TPSA) is 27.0 Å². The van der Waals surface area contributed by atoms with Crippen LogP contribution >= 0.6 is 0 Å². The third-order valence-corrected chi connectivity index (χ3v) is 4.00. The van der Waals surface area contributed by atoms with Crippen molar-refractivity contribution in [2.24, 2.45) is 11.3 Å². The Balaban J connectivity index is 1.98. The van der Waals surface area contributed by atoms with Crippen molar-refractivity contribution in [1.82, 2.24) is 4.90 Å². The Morgan fingerprint density at radius 2 is 2.14 bits per heavy atom. The Bertz CT molecular complexity index is 248. The molecule has 1 unspecified atom stereocenters. The predicted molar refractivity (Wildman–Crippen MR) is 56.7 cm³/mol. The van der Waals surface area contributed by atoms with Crippen LogP contribution in [0, 0.1) is 22.7 Å². The van der Waals surface area contributed by atoms with Crippen molar-refractivity contribution in [3.05, 3.63) is 0 Å². The van der Waals surface area contributed by atoms with E-state index in [1.54, 1.807) is 0 Å². The van der Waals surface area contributed by atoms with Gasteiger partial charge in [0, 0.05) is 19.0 Å². The van der Waals surface area contributed by atoms with Gasteiger partial charge in [-0.05, 0) is 37.1 Å². The minimum absolute atomic E-state index is 0.376. The molecule has 0 amide bonds. The van der Waals surface area contributed by atoms with E-state index in [4.69, 9.17) is 5.26 Å². The van der Waals surface area contributed by atoms with Gasteiger partial charge >= 0.3 is 0 Å². The monoisotopic (exact) mass is 192 g/mol. The highest BCUT2D eigenvalue weighted by Gasteiger charge is 2.39. The minimum Gasteiger partial charge on any atom is -0.300 e. The van der Waals surface area contributed by atoms with Crippen LogP contribution in [0.1, 0.15) is 39.5 Å². The second-order valence-corrected chi connectivity index (χ2v) is 5.52. The van der Waals surface area contributed by atoms with Gasteiger partial charge in [0.1, 0.15) is 0 Å². The second kappa shape index (κ2) is 3.55. The minimum atomic E-state index is 0.376. The van der Waals surface area contributed by atoms with Gasteiger partial charge in [-0.1, -0.05) is 13.8 Å². The third kappa shape index (κ3) is 1.93. The largest absolute Gasteiger partial charge is 0.300 e. The van der Waals surface area contributed by atoms with Crippen LogP contribution in [-0.4, -0.2) is 24.0 Å². The van der Waals surface area contributed by atoms with Gasteiger partial charge in [0.05, 0.1) is 6.07 Å². The lowest BCUT2D eigenvalue weighted by molar-refractivity contribution is 0.0580. The number of piperidine rings is 1. The average molecular weight is 192 g/mol. The molecule has 1 saturated carbocycles. The van der Waals surface area contributed by atoms with E-state index in [-0.39, 0.29) is 0 Å². The summed E-state index contributed by atoms with van der Waals surface area (Å²) in [6.45, 7) is 7.04. The second-order valence-electron chi connectivity index (χ2n) is 5.52. The standard InChI is InChI=1S/C12H20N2/c1-12(2)6-8-14(11-3-4-11)9-10(12)5-7-13/h10-11H,3-6,8-9H2,1-2H3. The molecule has 0 aromatic heterocycles.